The number of nitrogens with one attached hydrogen (secondary N) is 1. The van der Waals surface area contributed by atoms with Gasteiger partial charge in [0.15, 0.2) is 0 Å². The van der Waals surface area contributed by atoms with Crippen molar-refractivity contribution in [3.63, 3.8) is 0 Å². The molecule has 0 aliphatic carbocycles. The van der Waals surface area contributed by atoms with Crippen LogP contribution in [0.4, 0.5) is 5.69 Å². The molecule has 1 N–H and O–H groups in total. The fourth-order valence-corrected chi connectivity index (χ4v) is 2.62. The third-order valence-electron chi connectivity index (χ3n) is 4.08. The highest BCUT2D eigenvalue weighted by atomic mass is 16.5. The second kappa shape index (κ2) is 9.30. The number of carbonyl (C=O) groups excluding carboxylic acids is 1. The van der Waals surface area contributed by atoms with Crippen molar-refractivity contribution in [1.82, 2.24) is 14.8 Å². The summed E-state index contributed by atoms with van der Waals surface area (Å²) in [5.41, 5.74) is 0.667. The van der Waals surface area contributed by atoms with E-state index in [-0.39, 0.29) is 12.0 Å². The summed E-state index contributed by atoms with van der Waals surface area (Å²) in [6, 6.07) is 7.27. The van der Waals surface area contributed by atoms with Crippen LogP contribution in [-0.2, 0) is 20.8 Å². The quantitative estimate of drug-likeness (QED) is 0.735. The molecule has 1 fully saturated rings. The van der Waals surface area contributed by atoms with Crippen molar-refractivity contribution in [2.75, 3.05) is 25.1 Å². The molecule has 2 unspecified atom stereocenters. The monoisotopic (exact) mass is 360 g/mol. The fraction of sp³-hybridized carbons (Fsp3) is 0.500. The minimum atomic E-state index is -0.545. The Bertz CT molecular complexity index is 686. The summed E-state index contributed by atoms with van der Waals surface area (Å²) in [7, 11) is 0. The normalized spacial score (nSPS) is 17.8. The van der Waals surface area contributed by atoms with Crippen LogP contribution in [0, 0.1) is 0 Å². The van der Waals surface area contributed by atoms with Gasteiger partial charge in [-0.25, -0.2) is 9.67 Å². The van der Waals surface area contributed by atoms with Crippen molar-refractivity contribution in [2.24, 2.45) is 0 Å². The fourth-order valence-electron chi connectivity index (χ4n) is 2.62. The highest BCUT2D eigenvalue weighted by Crippen LogP contribution is 2.18. The van der Waals surface area contributed by atoms with E-state index in [4.69, 9.17) is 14.2 Å². The molecule has 1 aromatic carbocycles. The highest BCUT2D eigenvalue weighted by Gasteiger charge is 2.20. The molecule has 1 aromatic heterocycles. The molecular formula is C18H24N4O4. The van der Waals surface area contributed by atoms with E-state index in [0.29, 0.717) is 31.2 Å². The zero-order valence-electron chi connectivity index (χ0n) is 14.8. The largest absolute Gasteiger partial charge is 0.492 e. The second-order valence-corrected chi connectivity index (χ2v) is 6.13. The summed E-state index contributed by atoms with van der Waals surface area (Å²) >= 11 is 0. The number of benzene rings is 1. The molecule has 2 atom stereocenters. The third-order valence-corrected chi connectivity index (χ3v) is 4.08. The number of ether oxygens (including phenoxy) is 3. The van der Waals surface area contributed by atoms with Gasteiger partial charge in [0.1, 0.15) is 31.1 Å². The summed E-state index contributed by atoms with van der Waals surface area (Å²) < 4.78 is 18.5. The molecule has 0 radical (unpaired) electrons. The summed E-state index contributed by atoms with van der Waals surface area (Å²) in [6.07, 6.45) is 4.72. The molecule has 1 aliphatic rings. The molecule has 1 aliphatic heterocycles. The molecule has 0 bridgehead atoms. The predicted octanol–water partition coefficient (Wildman–Crippen LogP) is 1.88. The van der Waals surface area contributed by atoms with E-state index in [1.165, 1.54) is 6.33 Å². The van der Waals surface area contributed by atoms with E-state index in [2.05, 4.69) is 15.4 Å². The molecule has 26 heavy (non-hydrogen) atoms. The topological polar surface area (TPSA) is 87.5 Å². The van der Waals surface area contributed by atoms with Gasteiger partial charge in [0.05, 0.1) is 19.3 Å². The smallest absolute Gasteiger partial charge is 0.253 e. The maximum Gasteiger partial charge on any atom is 0.253 e. The van der Waals surface area contributed by atoms with Gasteiger partial charge >= 0.3 is 0 Å². The van der Waals surface area contributed by atoms with Crippen molar-refractivity contribution in [3.8, 4) is 5.75 Å². The van der Waals surface area contributed by atoms with Gasteiger partial charge in [-0.2, -0.15) is 5.10 Å². The Morgan fingerprint density at radius 1 is 1.50 bits per heavy atom. The van der Waals surface area contributed by atoms with Crippen LogP contribution in [0.3, 0.4) is 0 Å². The van der Waals surface area contributed by atoms with Crippen molar-refractivity contribution < 1.29 is 19.0 Å². The van der Waals surface area contributed by atoms with Crippen molar-refractivity contribution in [1.29, 1.82) is 0 Å². The Kier molecular flexibility index (Phi) is 6.56. The van der Waals surface area contributed by atoms with Gasteiger partial charge in [0.2, 0.25) is 0 Å². The van der Waals surface area contributed by atoms with Gasteiger partial charge in [-0.1, -0.05) is 6.07 Å². The lowest BCUT2D eigenvalue weighted by Gasteiger charge is -2.16. The molecule has 1 saturated heterocycles. The summed E-state index contributed by atoms with van der Waals surface area (Å²) in [5, 5.41) is 6.86. The average Bonchev–Trinajstić information content (AvgIpc) is 3.34. The van der Waals surface area contributed by atoms with E-state index < -0.39 is 6.10 Å². The predicted molar refractivity (Wildman–Crippen MR) is 95.0 cm³/mol. The Morgan fingerprint density at radius 3 is 3.19 bits per heavy atom. The summed E-state index contributed by atoms with van der Waals surface area (Å²) in [6.45, 7) is 4.02. The molecular weight excluding hydrogens is 336 g/mol. The summed E-state index contributed by atoms with van der Waals surface area (Å²) in [5.74, 6) is 0.485. The Labute approximate surface area is 152 Å². The van der Waals surface area contributed by atoms with Crippen LogP contribution in [0.2, 0.25) is 0 Å². The van der Waals surface area contributed by atoms with Crippen LogP contribution >= 0.6 is 0 Å². The maximum absolute atomic E-state index is 12.3. The second-order valence-electron chi connectivity index (χ2n) is 6.13. The highest BCUT2D eigenvalue weighted by molar-refractivity contribution is 5.94. The van der Waals surface area contributed by atoms with Gasteiger partial charge in [-0.3, -0.25) is 4.79 Å². The zero-order chi connectivity index (χ0) is 18.2. The Morgan fingerprint density at radius 2 is 2.42 bits per heavy atom. The molecule has 3 rings (SSSR count). The standard InChI is InChI=1S/C18H24N4O4/c1-14(26-11-17-6-3-8-24-17)18(23)21-15-4-2-5-16(10-15)25-9-7-22-13-19-12-20-22/h2,4-5,10,12-14,17H,3,6-9,11H2,1H3,(H,21,23). The number of aromatic nitrogens is 3. The molecule has 2 heterocycles. The van der Waals surface area contributed by atoms with Gasteiger partial charge in [-0.05, 0) is 31.9 Å². The first kappa shape index (κ1) is 18.3. The maximum atomic E-state index is 12.3. The van der Waals surface area contributed by atoms with Crippen molar-refractivity contribution in [3.05, 3.63) is 36.9 Å². The number of carbonyl (C=O) groups is 1. The Balaban J connectivity index is 1.43. The number of hydrogen-bond acceptors (Lipinski definition) is 6. The van der Waals surface area contributed by atoms with Crippen molar-refractivity contribution >= 4 is 11.6 Å². The lowest BCUT2D eigenvalue weighted by Crippen LogP contribution is -2.30. The molecule has 0 saturated carbocycles. The molecule has 140 valence electrons. The summed E-state index contributed by atoms with van der Waals surface area (Å²) in [4.78, 5) is 16.1. The van der Waals surface area contributed by atoms with Gasteiger partial charge in [-0.15, -0.1) is 0 Å². The van der Waals surface area contributed by atoms with Crippen LogP contribution < -0.4 is 10.1 Å². The van der Waals surface area contributed by atoms with Gasteiger partial charge in [0, 0.05) is 18.4 Å². The lowest BCUT2D eigenvalue weighted by atomic mass is 10.2. The van der Waals surface area contributed by atoms with Crippen LogP contribution in [0.5, 0.6) is 5.75 Å². The van der Waals surface area contributed by atoms with Crippen LogP contribution in [-0.4, -0.2) is 52.7 Å². The van der Waals surface area contributed by atoms with Crippen LogP contribution in [0.1, 0.15) is 19.8 Å². The first-order valence-electron chi connectivity index (χ1n) is 8.80. The van der Waals surface area contributed by atoms with Crippen LogP contribution in [0.15, 0.2) is 36.9 Å². The number of nitrogens with zero attached hydrogens (tertiary/aromatic N) is 3. The van der Waals surface area contributed by atoms with E-state index >= 15 is 0 Å². The number of hydrogen-bond donors (Lipinski definition) is 1. The number of rotatable bonds is 9. The minimum Gasteiger partial charge on any atom is -0.492 e. The van der Waals surface area contributed by atoms with E-state index in [9.17, 15) is 4.79 Å². The third kappa shape index (κ3) is 5.53. The van der Waals surface area contributed by atoms with E-state index in [1.54, 1.807) is 24.0 Å². The average molecular weight is 360 g/mol. The van der Waals surface area contributed by atoms with Gasteiger partial charge in [0.25, 0.3) is 5.91 Å². The molecule has 8 heteroatoms. The van der Waals surface area contributed by atoms with E-state index in [0.717, 1.165) is 19.4 Å². The minimum absolute atomic E-state index is 0.104. The SMILES string of the molecule is CC(OCC1CCCO1)C(=O)Nc1cccc(OCCn2cncn2)c1. The number of amides is 1. The molecule has 1 amide bonds. The van der Waals surface area contributed by atoms with Gasteiger partial charge < -0.3 is 19.5 Å². The Hall–Kier alpha value is -2.45. The van der Waals surface area contributed by atoms with E-state index in [1.807, 2.05) is 18.2 Å². The zero-order valence-corrected chi connectivity index (χ0v) is 14.8. The van der Waals surface area contributed by atoms with Crippen LogP contribution in [0.25, 0.3) is 0 Å². The first-order valence-corrected chi connectivity index (χ1v) is 8.80. The first-order chi connectivity index (χ1) is 12.7. The molecule has 2 aromatic rings. The molecule has 8 nitrogen and oxygen atoms in total. The lowest BCUT2D eigenvalue weighted by molar-refractivity contribution is -0.128. The van der Waals surface area contributed by atoms with Crippen molar-refractivity contribution in [2.45, 2.75) is 38.5 Å². The number of anilines is 1. The molecule has 0 spiro atoms.